The molecule has 200 valence electrons. The van der Waals surface area contributed by atoms with Crippen molar-refractivity contribution in [2.75, 3.05) is 13.2 Å². The summed E-state index contributed by atoms with van der Waals surface area (Å²) in [5, 5.41) is 1.96. The van der Waals surface area contributed by atoms with Crippen LogP contribution in [0.3, 0.4) is 0 Å². The Morgan fingerprint density at radius 2 is 1.54 bits per heavy atom. The molecule has 0 aliphatic heterocycles. The summed E-state index contributed by atoms with van der Waals surface area (Å²) in [6.45, 7) is 6.42. The van der Waals surface area contributed by atoms with Crippen LogP contribution in [-0.2, 0) is 10.0 Å². The molecule has 0 aliphatic carbocycles. The van der Waals surface area contributed by atoms with Gasteiger partial charge in [-0.2, -0.15) is 4.31 Å². The van der Waals surface area contributed by atoms with Crippen LogP contribution in [-0.4, -0.2) is 35.4 Å². The Balaban J connectivity index is 1.71. The molecular weight excluding hydrogens is 510 g/mol. The zero-order chi connectivity index (χ0) is 27.6. The molecule has 8 heteroatoms. The molecule has 4 aromatic carbocycles. The fourth-order valence-electron chi connectivity index (χ4n) is 4.96. The lowest BCUT2D eigenvalue weighted by Gasteiger charge is -2.30. The molecule has 0 N–H and O–H groups in total. The lowest BCUT2D eigenvalue weighted by Crippen LogP contribution is -2.38. The van der Waals surface area contributed by atoms with E-state index in [4.69, 9.17) is 9.72 Å². The topological polar surface area (TPSA) is 81.5 Å². The summed E-state index contributed by atoms with van der Waals surface area (Å²) < 4.78 is 37.1. The van der Waals surface area contributed by atoms with Gasteiger partial charge in [0.2, 0.25) is 10.0 Å². The fourth-order valence-corrected chi connectivity index (χ4v) is 6.86. The van der Waals surface area contributed by atoms with Crippen LogP contribution >= 0.6 is 0 Å². The first-order valence-corrected chi connectivity index (χ1v) is 14.5. The number of hydrogen-bond acceptors (Lipinski definition) is 5. The number of fused-ring (bicyclic) bond motifs is 2. The van der Waals surface area contributed by atoms with E-state index in [9.17, 15) is 13.2 Å². The molecule has 1 aromatic heterocycles. The highest BCUT2D eigenvalue weighted by atomic mass is 32.2. The minimum atomic E-state index is -3.96. The van der Waals surface area contributed by atoms with Crippen molar-refractivity contribution < 1.29 is 13.2 Å². The van der Waals surface area contributed by atoms with Crippen LogP contribution in [0.25, 0.3) is 27.4 Å². The Bertz CT molecular complexity index is 1790. The molecule has 0 saturated carbocycles. The first-order valence-electron chi connectivity index (χ1n) is 13.1. The molecule has 5 rings (SSSR count). The van der Waals surface area contributed by atoms with E-state index in [-0.39, 0.29) is 17.0 Å². The first kappa shape index (κ1) is 26.6. The standard InChI is InChI=1S/C31H31N3O4S/c1-4-21-33(39(36,37)29-16-10-12-23-11-6-7-13-26(23)29)22(3)30-32-28-15-9-8-14-27(28)31(35)34(30)24-17-19-25(20-18-24)38-5-2/h6-20,22H,4-5,21H2,1-3H3. The number of rotatable bonds is 9. The van der Waals surface area contributed by atoms with Crippen LogP contribution < -0.4 is 10.3 Å². The Kier molecular flexibility index (Phi) is 7.50. The molecule has 0 fully saturated rings. The Morgan fingerprint density at radius 1 is 0.872 bits per heavy atom. The Labute approximate surface area is 228 Å². The summed E-state index contributed by atoms with van der Waals surface area (Å²) in [6.07, 6.45) is 0.592. The van der Waals surface area contributed by atoms with Crippen molar-refractivity contribution in [3.8, 4) is 11.4 Å². The van der Waals surface area contributed by atoms with E-state index in [1.165, 1.54) is 8.87 Å². The van der Waals surface area contributed by atoms with Crippen molar-refractivity contribution in [3.05, 3.63) is 107 Å². The number of para-hydroxylation sites is 1. The van der Waals surface area contributed by atoms with Crippen molar-refractivity contribution >= 4 is 31.7 Å². The molecule has 1 unspecified atom stereocenters. The molecule has 0 saturated heterocycles. The highest BCUT2D eigenvalue weighted by Gasteiger charge is 2.33. The van der Waals surface area contributed by atoms with Crippen molar-refractivity contribution in [3.63, 3.8) is 0 Å². The summed E-state index contributed by atoms with van der Waals surface area (Å²) in [5.41, 5.74) is 0.846. The molecule has 0 bridgehead atoms. The third-order valence-electron chi connectivity index (χ3n) is 6.79. The number of benzene rings is 4. The largest absolute Gasteiger partial charge is 0.494 e. The predicted octanol–water partition coefficient (Wildman–Crippen LogP) is 6.10. The van der Waals surface area contributed by atoms with Gasteiger partial charge in [0.15, 0.2) is 0 Å². The molecule has 0 radical (unpaired) electrons. The SMILES string of the molecule is CCCN(C(C)c1nc2ccccc2c(=O)n1-c1ccc(OCC)cc1)S(=O)(=O)c1cccc2ccccc12. The summed E-state index contributed by atoms with van der Waals surface area (Å²) in [5.74, 6) is 1.03. The molecule has 0 amide bonds. The van der Waals surface area contributed by atoms with Gasteiger partial charge >= 0.3 is 0 Å². The lowest BCUT2D eigenvalue weighted by molar-refractivity contribution is 0.327. The second-order valence-electron chi connectivity index (χ2n) is 9.32. The van der Waals surface area contributed by atoms with Crippen LogP contribution in [0.4, 0.5) is 0 Å². The molecule has 0 aliphatic rings. The number of nitrogens with zero attached hydrogens (tertiary/aromatic N) is 3. The van der Waals surface area contributed by atoms with Gasteiger partial charge in [0.1, 0.15) is 11.6 Å². The van der Waals surface area contributed by atoms with Gasteiger partial charge in [-0.15, -0.1) is 0 Å². The second kappa shape index (κ2) is 11.0. The lowest BCUT2D eigenvalue weighted by atomic mass is 10.1. The summed E-state index contributed by atoms with van der Waals surface area (Å²) in [6, 6.07) is 26.3. The first-order chi connectivity index (χ1) is 18.9. The number of hydrogen-bond donors (Lipinski definition) is 0. The van der Waals surface area contributed by atoms with Gasteiger partial charge in [0.05, 0.1) is 34.1 Å². The Morgan fingerprint density at radius 3 is 2.26 bits per heavy atom. The van der Waals surface area contributed by atoms with Crippen molar-refractivity contribution in [1.82, 2.24) is 13.9 Å². The predicted molar refractivity (Wildman–Crippen MR) is 155 cm³/mol. The van der Waals surface area contributed by atoms with E-state index in [2.05, 4.69) is 0 Å². The maximum Gasteiger partial charge on any atom is 0.266 e. The normalized spacial score (nSPS) is 12.7. The zero-order valence-corrected chi connectivity index (χ0v) is 23.1. The second-order valence-corrected chi connectivity index (χ2v) is 11.2. The van der Waals surface area contributed by atoms with Crippen LogP contribution in [0.2, 0.25) is 0 Å². The van der Waals surface area contributed by atoms with Crippen LogP contribution in [0.5, 0.6) is 5.75 Å². The van der Waals surface area contributed by atoms with Crippen LogP contribution in [0.15, 0.2) is 101 Å². The summed E-state index contributed by atoms with van der Waals surface area (Å²) >= 11 is 0. The van der Waals surface area contributed by atoms with E-state index in [0.29, 0.717) is 46.6 Å². The molecular formula is C31H31N3O4S. The van der Waals surface area contributed by atoms with Gasteiger partial charge in [0, 0.05) is 11.9 Å². The van der Waals surface area contributed by atoms with Crippen LogP contribution in [0, 0.1) is 0 Å². The quantitative estimate of drug-likeness (QED) is 0.225. The van der Waals surface area contributed by atoms with Gasteiger partial charge < -0.3 is 4.74 Å². The highest BCUT2D eigenvalue weighted by molar-refractivity contribution is 7.89. The van der Waals surface area contributed by atoms with Crippen molar-refractivity contribution in [2.24, 2.45) is 0 Å². The van der Waals surface area contributed by atoms with Crippen molar-refractivity contribution in [2.45, 2.75) is 38.1 Å². The van der Waals surface area contributed by atoms with E-state index in [1.807, 2.05) is 50.2 Å². The molecule has 1 atom stereocenters. The number of sulfonamides is 1. The fraction of sp³-hybridized carbons (Fsp3) is 0.226. The maximum absolute atomic E-state index is 14.3. The monoisotopic (exact) mass is 541 g/mol. The van der Waals surface area contributed by atoms with Gasteiger partial charge in [-0.1, -0.05) is 55.5 Å². The van der Waals surface area contributed by atoms with Crippen LogP contribution in [0.1, 0.15) is 39.1 Å². The summed E-state index contributed by atoms with van der Waals surface area (Å²) in [4.78, 5) is 19.0. The minimum absolute atomic E-state index is 0.233. The van der Waals surface area contributed by atoms with E-state index >= 15 is 0 Å². The van der Waals surface area contributed by atoms with E-state index < -0.39 is 16.1 Å². The minimum Gasteiger partial charge on any atom is -0.494 e. The molecule has 7 nitrogen and oxygen atoms in total. The third-order valence-corrected chi connectivity index (χ3v) is 8.82. The zero-order valence-electron chi connectivity index (χ0n) is 22.2. The van der Waals surface area contributed by atoms with Gasteiger partial charge in [-0.25, -0.2) is 13.4 Å². The molecule has 5 aromatic rings. The average Bonchev–Trinajstić information content (AvgIpc) is 2.96. The van der Waals surface area contributed by atoms with E-state index in [0.717, 1.165) is 5.39 Å². The third kappa shape index (κ3) is 4.93. The van der Waals surface area contributed by atoms with Crippen molar-refractivity contribution in [1.29, 1.82) is 0 Å². The number of ether oxygens (including phenoxy) is 1. The molecule has 39 heavy (non-hydrogen) atoms. The molecule has 0 spiro atoms. The molecule has 1 heterocycles. The smallest absolute Gasteiger partial charge is 0.266 e. The highest BCUT2D eigenvalue weighted by Crippen LogP contribution is 2.32. The van der Waals surface area contributed by atoms with E-state index in [1.54, 1.807) is 61.5 Å². The van der Waals surface area contributed by atoms with Gasteiger partial charge in [-0.3, -0.25) is 9.36 Å². The van der Waals surface area contributed by atoms with Gasteiger partial charge in [0.25, 0.3) is 5.56 Å². The maximum atomic E-state index is 14.3. The average molecular weight is 542 g/mol. The Hall–Kier alpha value is -4.01. The summed E-state index contributed by atoms with van der Waals surface area (Å²) in [7, 11) is -3.96. The number of aromatic nitrogens is 2. The van der Waals surface area contributed by atoms with Gasteiger partial charge in [-0.05, 0) is 68.1 Å².